The number of aliphatic hydroxyl groups is 1. The molecule has 4 heteroatoms. The van der Waals surface area contributed by atoms with Crippen molar-refractivity contribution < 1.29 is 15.0 Å². The molecule has 88 valence electrons. The third-order valence-corrected chi connectivity index (χ3v) is 3.22. The van der Waals surface area contributed by atoms with Crippen molar-refractivity contribution in [1.82, 2.24) is 5.32 Å². The number of carboxylic acid groups (broad SMARTS) is 1. The third kappa shape index (κ3) is 4.62. The van der Waals surface area contributed by atoms with E-state index < -0.39 is 5.97 Å². The Morgan fingerprint density at radius 3 is 2.67 bits per heavy atom. The Kier molecular flexibility index (Phi) is 4.54. The molecule has 0 bridgehead atoms. The molecule has 0 aromatic heterocycles. The number of nitrogens with one attached hydrogen (secondary N) is 1. The highest BCUT2D eigenvalue weighted by molar-refractivity contribution is 5.66. The maximum Gasteiger partial charge on any atom is 0.303 e. The topological polar surface area (TPSA) is 69.6 Å². The lowest BCUT2D eigenvalue weighted by atomic mass is 10.0. The second-order valence-corrected chi connectivity index (χ2v) is 4.69. The molecule has 1 unspecified atom stereocenters. The van der Waals surface area contributed by atoms with E-state index in [0.717, 1.165) is 13.0 Å². The van der Waals surface area contributed by atoms with Gasteiger partial charge >= 0.3 is 5.97 Å². The van der Waals surface area contributed by atoms with Crippen molar-refractivity contribution in [3.05, 3.63) is 0 Å². The summed E-state index contributed by atoms with van der Waals surface area (Å²) in [6.07, 6.45) is 4.13. The molecule has 0 saturated heterocycles. The van der Waals surface area contributed by atoms with Gasteiger partial charge in [0.2, 0.25) is 0 Å². The van der Waals surface area contributed by atoms with Gasteiger partial charge in [0.05, 0.1) is 0 Å². The highest BCUT2D eigenvalue weighted by atomic mass is 16.4. The molecular weight excluding hydrogens is 194 g/mol. The van der Waals surface area contributed by atoms with Crippen LogP contribution < -0.4 is 5.32 Å². The van der Waals surface area contributed by atoms with Crippen LogP contribution in [0.3, 0.4) is 0 Å². The minimum Gasteiger partial charge on any atom is -0.481 e. The zero-order valence-electron chi connectivity index (χ0n) is 9.33. The van der Waals surface area contributed by atoms with Gasteiger partial charge in [-0.2, -0.15) is 0 Å². The standard InChI is InChI=1S/C11H21NO3/c1-9(2-3-10(14)15)12-8-11(4-5-11)6-7-13/h9,12-13H,2-8H2,1H3,(H,14,15). The van der Waals surface area contributed by atoms with Gasteiger partial charge < -0.3 is 15.5 Å². The zero-order valence-corrected chi connectivity index (χ0v) is 9.33. The number of aliphatic carboxylic acids is 1. The average molecular weight is 215 g/mol. The summed E-state index contributed by atoms with van der Waals surface area (Å²) < 4.78 is 0. The van der Waals surface area contributed by atoms with E-state index in [1.165, 1.54) is 12.8 Å². The highest BCUT2D eigenvalue weighted by Crippen LogP contribution is 2.47. The van der Waals surface area contributed by atoms with Crippen LogP contribution >= 0.6 is 0 Å². The van der Waals surface area contributed by atoms with Gasteiger partial charge in [-0.05, 0) is 38.0 Å². The molecule has 15 heavy (non-hydrogen) atoms. The second-order valence-electron chi connectivity index (χ2n) is 4.69. The molecule has 4 nitrogen and oxygen atoms in total. The molecule has 0 aromatic rings. The highest BCUT2D eigenvalue weighted by Gasteiger charge is 2.41. The van der Waals surface area contributed by atoms with Crippen molar-refractivity contribution >= 4 is 5.97 Å². The summed E-state index contributed by atoms with van der Waals surface area (Å²) in [6, 6.07) is 0.247. The van der Waals surface area contributed by atoms with Crippen molar-refractivity contribution in [2.24, 2.45) is 5.41 Å². The molecule has 1 rings (SSSR count). The van der Waals surface area contributed by atoms with Crippen LogP contribution in [0.5, 0.6) is 0 Å². The average Bonchev–Trinajstić information content (AvgIpc) is 2.93. The van der Waals surface area contributed by atoms with E-state index in [1.807, 2.05) is 6.92 Å². The van der Waals surface area contributed by atoms with Gasteiger partial charge in [-0.1, -0.05) is 0 Å². The fourth-order valence-electron chi connectivity index (χ4n) is 1.76. The first kappa shape index (κ1) is 12.5. The van der Waals surface area contributed by atoms with E-state index in [4.69, 9.17) is 10.2 Å². The van der Waals surface area contributed by atoms with Crippen molar-refractivity contribution in [1.29, 1.82) is 0 Å². The zero-order chi connectivity index (χ0) is 11.3. The predicted octanol–water partition coefficient (Wildman–Crippen LogP) is 0.992. The molecule has 1 fully saturated rings. The van der Waals surface area contributed by atoms with Crippen LogP contribution in [0.1, 0.15) is 39.0 Å². The number of hydrogen-bond acceptors (Lipinski definition) is 3. The summed E-state index contributed by atoms with van der Waals surface area (Å²) in [5.41, 5.74) is 0.312. The van der Waals surface area contributed by atoms with Crippen LogP contribution in [0.15, 0.2) is 0 Å². The minimum absolute atomic E-state index is 0.223. The number of aliphatic hydroxyl groups excluding tert-OH is 1. The summed E-state index contributed by atoms with van der Waals surface area (Å²) >= 11 is 0. The predicted molar refractivity (Wildman–Crippen MR) is 57.7 cm³/mol. The van der Waals surface area contributed by atoms with Gasteiger partial charge in [0.1, 0.15) is 0 Å². The van der Waals surface area contributed by atoms with Crippen LogP contribution in [0.25, 0.3) is 0 Å². The maximum atomic E-state index is 10.4. The summed E-state index contributed by atoms with van der Waals surface area (Å²) in [7, 11) is 0. The van der Waals surface area contributed by atoms with Gasteiger partial charge in [0.15, 0.2) is 0 Å². The molecule has 1 aliphatic carbocycles. The Bertz CT molecular complexity index is 214. The number of hydrogen-bond donors (Lipinski definition) is 3. The van der Waals surface area contributed by atoms with E-state index >= 15 is 0 Å². The second kappa shape index (κ2) is 5.47. The summed E-state index contributed by atoms with van der Waals surface area (Å²) in [6.45, 7) is 3.18. The summed E-state index contributed by atoms with van der Waals surface area (Å²) in [4.78, 5) is 10.4. The largest absolute Gasteiger partial charge is 0.481 e. The Hall–Kier alpha value is -0.610. The van der Waals surface area contributed by atoms with Crippen molar-refractivity contribution in [2.45, 2.75) is 45.1 Å². The maximum absolute atomic E-state index is 10.4. The molecule has 0 aliphatic heterocycles. The molecule has 3 N–H and O–H groups in total. The Labute approximate surface area is 90.7 Å². The Balaban J connectivity index is 2.11. The quantitative estimate of drug-likeness (QED) is 0.565. The van der Waals surface area contributed by atoms with E-state index in [9.17, 15) is 4.79 Å². The summed E-state index contributed by atoms with van der Waals surface area (Å²) in [5.74, 6) is -0.736. The first-order valence-electron chi connectivity index (χ1n) is 5.64. The van der Waals surface area contributed by atoms with Gasteiger partial charge in [0.25, 0.3) is 0 Å². The van der Waals surface area contributed by atoms with Crippen molar-refractivity contribution in [3.8, 4) is 0 Å². The van der Waals surface area contributed by atoms with Gasteiger partial charge in [0, 0.05) is 25.6 Å². The number of rotatable bonds is 8. The van der Waals surface area contributed by atoms with E-state index in [1.54, 1.807) is 0 Å². The molecule has 0 spiro atoms. The minimum atomic E-state index is -0.736. The van der Waals surface area contributed by atoms with Crippen molar-refractivity contribution in [2.75, 3.05) is 13.2 Å². The van der Waals surface area contributed by atoms with Crippen LogP contribution in [0.2, 0.25) is 0 Å². The summed E-state index contributed by atoms with van der Waals surface area (Å²) in [5, 5.41) is 20.8. The van der Waals surface area contributed by atoms with E-state index in [2.05, 4.69) is 5.32 Å². The fourth-order valence-corrected chi connectivity index (χ4v) is 1.76. The third-order valence-electron chi connectivity index (χ3n) is 3.22. The fraction of sp³-hybridized carbons (Fsp3) is 0.909. The van der Waals surface area contributed by atoms with Gasteiger partial charge in [-0.15, -0.1) is 0 Å². The van der Waals surface area contributed by atoms with Crippen LogP contribution in [0, 0.1) is 5.41 Å². The van der Waals surface area contributed by atoms with E-state index in [0.29, 0.717) is 11.8 Å². The lowest BCUT2D eigenvalue weighted by Gasteiger charge is -2.18. The van der Waals surface area contributed by atoms with Gasteiger partial charge in [-0.3, -0.25) is 4.79 Å². The molecule has 0 heterocycles. The first-order valence-corrected chi connectivity index (χ1v) is 5.64. The molecule has 1 atom stereocenters. The lowest BCUT2D eigenvalue weighted by Crippen LogP contribution is -2.32. The smallest absolute Gasteiger partial charge is 0.303 e. The number of carboxylic acids is 1. The molecule has 0 radical (unpaired) electrons. The molecule has 0 amide bonds. The van der Waals surface area contributed by atoms with Crippen LogP contribution in [-0.4, -0.2) is 35.4 Å². The molecule has 0 aromatic carbocycles. The molecule has 1 aliphatic rings. The van der Waals surface area contributed by atoms with Crippen LogP contribution in [-0.2, 0) is 4.79 Å². The lowest BCUT2D eigenvalue weighted by molar-refractivity contribution is -0.137. The monoisotopic (exact) mass is 215 g/mol. The van der Waals surface area contributed by atoms with E-state index in [-0.39, 0.29) is 19.1 Å². The Morgan fingerprint density at radius 1 is 1.53 bits per heavy atom. The first-order chi connectivity index (χ1) is 7.08. The van der Waals surface area contributed by atoms with Crippen LogP contribution in [0.4, 0.5) is 0 Å². The Morgan fingerprint density at radius 2 is 2.20 bits per heavy atom. The molecular formula is C11H21NO3. The normalized spacial score (nSPS) is 19.9. The van der Waals surface area contributed by atoms with Crippen molar-refractivity contribution in [3.63, 3.8) is 0 Å². The molecule has 1 saturated carbocycles. The number of carbonyl (C=O) groups is 1. The van der Waals surface area contributed by atoms with Gasteiger partial charge in [-0.25, -0.2) is 0 Å². The SMILES string of the molecule is CC(CCC(=O)O)NCC1(CCO)CC1.